The molecule has 2 rings (SSSR count). The van der Waals surface area contributed by atoms with Gasteiger partial charge in [-0.15, -0.1) is 0 Å². The standard InChI is InChI=1S/C17H18Cl2N4O/c18-14-3-4-15(16(19)10-14)17(24)23-8-6-22(7-9-23)12-13(11-21)2-1-5-20/h3-4,10,13H,1-2,6-9,12H2. The number of halogens is 2. The van der Waals surface area contributed by atoms with Gasteiger partial charge < -0.3 is 4.90 Å². The zero-order valence-electron chi connectivity index (χ0n) is 13.2. The molecular weight excluding hydrogens is 347 g/mol. The number of nitrogens with zero attached hydrogens (tertiary/aromatic N) is 4. The Labute approximate surface area is 152 Å². The van der Waals surface area contributed by atoms with Crippen molar-refractivity contribution >= 4 is 29.1 Å². The first-order valence-electron chi connectivity index (χ1n) is 7.78. The second-order valence-electron chi connectivity index (χ2n) is 5.74. The summed E-state index contributed by atoms with van der Waals surface area (Å²) in [6.45, 7) is 3.24. The highest BCUT2D eigenvalue weighted by Gasteiger charge is 2.25. The van der Waals surface area contributed by atoms with Gasteiger partial charge in [0.25, 0.3) is 5.91 Å². The lowest BCUT2D eigenvalue weighted by atomic mass is 10.0. The van der Waals surface area contributed by atoms with Crippen molar-refractivity contribution in [3.8, 4) is 12.1 Å². The van der Waals surface area contributed by atoms with E-state index in [1.54, 1.807) is 23.1 Å². The lowest BCUT2D eigenvalue weighted by Crippen LogP contribution is -2.49. The fourth-order valence-electron chi connectivity index (χ4n) is 2.71. The second kappa shape index (κ2) is 8.89. The topological polar surface area (TPSA) is 71.1 Å². The van der Waals surface area contributed by atoms with Gasteiger partial charge in [0.05, 0.1) is 28.6 Å². The van der Waals surface area contributed by atoms with Gasteiger partial charge in [-0.05, 0) is 24.6 Å². The van der Waals surface area contributed by atoms with E-state index in [2.05, 4.69) is 17.0 Å². The highest BCUT2D eigenvalue weighted by molar-refractivity contribution is 6.36. The molecule has 0 bridgehead atoms. The molecule has 1 aromatic carbocycles. The first-order valence-corrected chi connectivity index (χ1v) is 8.54. The SMILES string of the molecule is N#CCCC(C#N)CN1CCN(C(=O)c2ccc(Cl)cc2Cl)CC1. The Morgan fingerprint density at radius 3 is 2.50 bits per heavy atom. The van der Waals surface area contributed by atoms with Crippen LogP contribution in [-0.2, 0) is 0 Å². The van der Waals surface area contributed by atoms with Gasteiger partial charge in [-0.3, -0.25) is 9.69 Å². The fourth-order valence-corrected chi connectivity index (χ4v) is 3.20. The molecule has 1 aromatic rings. The maximum Gasteiger partial charge on any atom is 0.255 e. The van der Waals surface area contributed by atoms with Crippen LogP contribution in [0.25, 0.3) is 0 Å². The predicted octanol–water partition coefficient (Wildman–Crippen LogP) is 3.19. The van der Waals surface area contributed by atoms with E-state index in [9.17, 15) is 4.79 Å². The zero-order chi connectivity index (χ0) is 17.5. The summed E-state index contributed by atoms with van der Waals surface area (Å²) in [5, 5.41) is 18.6. The van der Waals surface area contributed by atoms with E-state index < -0.39 is 0 Å². The highest BCUT2D eigenvalue weighted by atomic mass is 35.5. The Kier molecular flexibility index (Phi) is 6.87. The summed E-state index contributed by atoms with van der Waals surface area (Å²) < 4.78 is 0. The summed E-state index contributed by atoms with van der Waals surface area (Å²) in [7, 11) is 0. The van der Waals surface area contributed by atoms with Crippen LogP contribution in [0.5, 0.6) is 0 Å². The van der Waals surface area contributed by atoms with Crippen LogP contribution in [0.4, 0.5) is 0 Å². The first kappa shape index (κ1) is 18.5. The van der Waals surface area contributed by atoms with Gasteiger partial charge in [0.1, 0.15) is 0 Å². The smallest absolute Gasteiger partial charge is 0.255 e. The van der Waals surface area contributed by atoms with Crippen molar-refractivity contribution in [1.82, 2.24) is 9.80 Å². The molecule has 1 amide bonds. The molecule has 0 N–H and O–H groups in total. The van der Waals surface area contributed by atoms with E-state index in [0.29, 0.717) is 61.2 Å². The van der Waals surface area contributed by atoms with Crippen molar-refractivity contribution in [2.45, 2.75) is 12.8 Å². The Balaban J connectivity index is 1.89. The minimum absolute atomic E-state index is 0.0994. The van der Waals surface area contributed by atoms with Crippen molar-refractivity contribution in [2.24, 2.45) is 5.92 Å². The number of carbonyl (C=O) groups excluding carboxylic acids is 1. The van der Waals surface area contributed by atoms with Crippen LogP contribution in [0, 0.1) is 28.6 Å². The Hall–Kier alpha value is -1.79. The van der Waals surface area contributed by atoms with E-state index in [4.69, 9.17) is 33.7 Å². The zero-order valence-corrected chi connectivity index (χ0v) is 14.7. The molecule has 1 fully saturated rings. The van der Waals surface area contributed by atoms with E-state index in [0.717, 1.165) is 0 Å². The number of carbonyl (C=O) groups is 1. The minimum atomic E-state index is -0.141. The molecule has 7 heteroatoms. The van der Waals surface area contributed by atoms with Crippen LogP contribution in [0.3, 0.4) is 0 Å². The maximum atomic E-state index is 12.5. The number of benzene rings is 1. The molecule has 5 nitrogen and oxygen atoms in total. The van der Waals surface area contributed by atoms with E-state index >= 15 is 0 Å². The van der Waals surface area contributed by atoms with Crippen LogP contribution in [0.2, 0.25) is 10.0 Å². The molecular formula is C17H18Cl2N4O. The Bertz CT molecular complexity index is 672. The van der Waals surface area contributed by atoms with E-state index in [1.165, 1.54) is 0 Å². The van der Waals surface area contributed by atoms with Gasteiger partial charge in [0.2, 0.25) is 0 Å². The first-order chi connectivity index (χ1) is 11.5. The fraction of sp³-hybridized carbons (Fsp3) is 0.471. The maximum absolute atomic E-state index is 12.5. The summed E-state index contributed by atoms with van der Waals surface area (Å²) in [5.74, 6) is -0.241. The van der Waals surface area contributed by atoms with E-state index in [-0.39, 0.29) is 11.8 Å². The van der Waals surface area contributed by atoms with Crippen LogP contribution in [-0.4, -0.2) is 48.4 Å². The van der Waals surface area contributed by atoms with Crippen molar-refractivity contribution < 1.29 is 4.79 Å². The molecule has 1 aliphatic heterocycles. The number of hydrogen-bond acceptors (Lipinski definition) is 4. The van der Waals surface area contributed by atoms with Crippen molar-refractivity contribution in [1.29, 1.82) is 10.5 Å². The molecule has 0 saturated carbocycles. The third-order valence-corrected chi connectivity index (χ3v) is 4.63. The minimum Gasteiger partial charge on any atom is -0.336 e. The van der Waals surface area contributed by atoms with Crippen molar-refractivity contribution in [2.75, 3.05) is 32.7 Å². The van der Waals surface area contributed by atoms with Gasteiger partial charge >= 0.3 is 0 Å². The molecule has 24 heavy (non-hydrogen) atoms. The number of nitriles is 2. The third-order valence-electron chi connectivity index (χ3n) is 4.09. The summed E-state index contributed by atoms with van der Waals surface area (Å²) >= 11 is 12.0. The summed E-state index contributed by atoms with van der Waals surface area (Å²) in [6, 6.07) is 9.20. The molecule has 1 aliphatic rings. The van der Waals surface area contributed by atoms with Crippen molar-refractivity contribution in [3.05, 3.63) is 33.8 Å². The van der Waals surface area contributed by atoms with Crippen LogP contribution in [0.15, 0.2) is 18.2 Å². The summed E-state index contributed by atoms with van der Waals surface area (Å²) in [6.07, 6.45) is 0.984. The summed E-state index contributed by atoms with van der Waals surface area (Å²) in [4.78, 5) is 16.5. The lowest BCUT2D eigenvalue weighted by molar-refractivity contribution is 0.0625. The molecule has 0 spiro atoms. The number of hydrogen-bond donors (Lipinski definition) is 0. The highest BCUT2D eigenvalue weighted by Crippen LogP contribution is 2.23. The number of rotatable bonds is 5. The molecule has 1 heterocycles. The van der Waals surface area contributed by atoms with Crippen LogP contribution < -0.4 is 0 Å². The molecule has 126 valence electrons. The molecule has 0 aliphatic carbocycles. The molecule has 0 aromatic heterocycles. The normalized spacial score (nSPS) is 16.2. The second-order valence-corrected chi connectivity index (χ2v) is 6.58. The molecule has 1 atom stereocenters. The van der Waals surface area contributed by atoms with Crippen LogP contribution >= 0.6 is 23.2 Å². The van der Waals surface area contributed by atoms with Gasteiger partial charge in [-0.1, -0.05) is 23.2 Å². The quantitative estimate of drug-likeness (QED) is 0.804. The molecule has 1 unspecified atom stereocenters. The van der Waals surface area contributed by atoms with E-state index in [1.807, 2.05) is 0 Å². The average Bonchev–Trinajstić information content (AvgIpc) is 2.58. The van der Waals surface area contributed by atoms with Gasteiger partial charge in [0, 0.05) is 44.2 Å². The van der Waals surface area contributed by atoms with Crippen molar-refractivity contribution in [3.63, 3.8) is 0 Å². The monoisotopic (exact) mass is 364 g/mol. The third kappa shape index (κ3) is 4.85. The number of amides is 1. The Morgan fingerprint density at radius 1 is 1.21 bits per heavy atom. The van der Waals surface area contributed by atoms with Gasteiger partial charge in [0.15, 0.2) is 0 Å². The molecule has 0 radical (unpaired) electrons. The molecule has 1 saturated heterocycles. The average molecular weight is 365 g/mol. The van der Waals surface area contributed by atoms with Crippen LogP contribution in [0.1, 0.15) is 23.2 Å². The largest absolute Gasteiger partial charge is 0.336 e. The summed E-state index contributed by atoms with van der Waals surface area (Å²) in [5.41, 5.74) is 0.457. The predicted molar refractivity (Wildman–Crippen MR) is 92.8 cm³/mol. The van der Waals surface area contributed by atoms with Gasteiger partial charge in [-0.2, -0.15) is 10.5 Å². The number of piperazine rings is 1. The Morgan fingerprint density at radius 2 is 1.92 bits per heavy atom. The van der Waals surface area contributed by atoms with Gasteiger partial charge in [-0.25, -0.2) is 0 Å². The lowest BCUT2D eigenvalue weighted by Gasteiger charge is -2.35.